The predicted molar refractivity (Wildman–Crippen MR) is 113 cm³/mol. The highest BCUT2D eigenvalue weighted by Crippen LogP contribution is 2.49. The Hall–Kier alpha value is -2.59. The lowest BCUT2D eigenvalue weighted by atomic mass is 9.94. The van der Waals surface area contributed by atoms with Gasteiger partial charge in [-0.2, -0.15) is 5.26 Å². The second-order valence-electron chi connectivity index (χ2n) is 6.82. The standard InChI is InChI=1S/C22H26N2O4S/c1-3-27-21(25)19(22(26)28-4-2)29-15-18(16-10-6-5-7-11-16)17(14-23)20(29)24-12-8-9-13-24/h5-7,10-11,18H,3-4,8-9,12-13,15H2,1-2H3. The van der Waals surface area contributed by atoms with E-state index in [-0.39, 0.29) is 24.0 Å². The molecule has 7 heteroatoms. The van der Waals surface area contributed by atoms with Crippen molar-refractivity contribution in [2.45, 2.75) is 32.6 Å². The molecule has 0 spiro atoms. The zero-order valence-electron chi connectivity index (χ0n) is 16.8. The minimum Gasteiger partial charge on any atom is -0.462 e. The van der Waals surface area contributed by atoms with Crippen LogP contribution >= 0.6 is 10.5 Å². The van der Waals surface area contributed by atoms with Gasteiger partial charge in [-0.15, -0.1) is 10.5 Å². The molecule has 0 aromatic heterocycles. The number of benzene rings is 1. The number of esters is 2. The van der Waals surface area contributed by atoms with Crippen molar-refractivity contribution < 1.29 is 19.1 Å². The van der Waals surface area contributed by atoms with Gasteiger partial charge in [0.15, 0.2) is 4.86 Å². The van der Waals surface area contributed by atoms with Crippen molar-refractivity contribution in [1.29, 1.82) is 5.26 Å². The van der Waals surface area contributed by atoms with Gasteiger partial charge in [-0.25, -0.2) is 9.59 Å². The summed E-state index contributed by atoms with van der Waals surface area (Å²) in [7, 11) is -0.866. The second-order valence-corrected chi connectivity index (χ2v) is 8.73. The Morgan fingerprint density at radius 3 is 2.21 bits per heavy atom. The molecule has 1 aromatic carbocycles. The Labute approximate surface area is 174 Å². The number of hydrogen-bond donors (Lipinski definition) is 0. The van der Waals surface area contributed by atoms with E-state index in [9.17, 15) is 14.9 Å². The second kappa shape index (κ2) is 9.75. The molecule has 29 heavy (non-hydrogen) atoms. The van der Waals surface area contributed by atoms with Crippen molar-refractivity contribution in [3.63, 3.8) is 0 Å². The monoisotopic (exact) mass is 414 g/mol. The van der Waals surface area contributed by atoms with E-state index in [1.807, 2.05) is 30.3 Å². The lowest BCUT2D eigenvalue weighted by Crippen LogP contribution is -2.30. The minimum absolute atomic E-state index is 0.0294. The molecule has 2 aliphatic heterocycles. The molecular weight excluding hydrogens is 388 g/mol. The maximum Gasteiger partial charge on any atom is 0.351 e. The van der Waals surface area contributed by atoms with Gasteiger partial charge >= 0.3 is 11.9 Å². The highest BCUT2D eigenvalue weighted by atomic mass is 32.2. The summed E-state index contributed by atoms with van der Waals surface area (Å²) in [5.74, 6) is -0.931. The third kappa shape index (κ3) is 4.38. The highest BCUT2D eigenvalue weighted by Gasteiger charge is 2.39. The Bertz CT molecular complexity index is 860. The van der Waals surface area contributed by atoms with Crippen molar-refractivity contribution >= 4 is 27.3 Å². The maximum atomic E-state index is 12.8. The van der Waals surface area contributed by atoms with Gasteiger partial charge in [-0.05, 0) is 32.3 Å². The molecule has 0 N–H and O–H groups in total. The third-order valence-corrected chi connectivity index (χ3v) is 7.47. The van der Waals surface area contributed by atoms with Crippen molar-refractivity contribution in [3.05, 3.63) is 46.5 Å². The maximum absolute atomic E-state index is 12.8. The van der Waals surface area contributed by atoms with Crippen molar-refractivity contribution in [2.24, 2.45) is 0 Å². The Kier molecular flexibility index (Phi) is 7.10. The number of likely N-dealkylation sites (tertiary alicyclic amines) is 1. The van der Waals surface area contributed by atoms with E-state index in [1.54, 1.807) is 13.8 Å². The lowest BCUT2D eigenvalue weighted by Gasteiger charge is -2.23. The average molecular weight is 415 g/mol. The van der Waals surface area contributed by atoms with E-state index in [0.717, 1.165) is 36.5 Å². The molecular formula is C22H26N2O4S. The number of nitriles is 1. The van der Waals surface area contributed by atoms with Crippen LogP contribution in [-0.4, -0.2) is 53.8 Å². The molecule has 0 saturated carbocycles. The molecule has 1 saturated heterocycles. The number of allylic oxidation sites excluding steroid dienone is 1. The number of rotatable bonds is 6. The summed E-state index contributed by atoms with van der Waals surface area (Å²) in [5, 5.41) is 10.9. The molecule has 3 rings (SSSR count). The molecule has 2 unspecified atom stereocenters. The summed E-state index contributed by atoms with van der Waals surface area (Å²) in [6.45, 7) is 5.42. The Balaban J connectivity index is 2.19. The first-order valence-electron chi connectivity index (χ1n) is 9.98. The molecule has 0 radical (unpaired) electrons. The number of nitrogens with zero attached hydrogens (tertiary/aromatic N) is 2. The van der Waals surface area contributed by atoms with Crippen molar-refractivity contribution in [3.8, 4) is 6.07 Å². The topological polar surface area (TPSA) is 79.6 Å². The lowest BCUT2D eigenvalue weighted by molar-refractivity contribution is -0.140. The van der Waals surface area contributed by atoms with E-state index in [4.69, 9.17) is 9.47 Å². The van der Waals surface area contributed by atoms with Crippen LogP contribution in [0.5, 0.6) is 0 Å². The van der Waals surface area contributed by atoms with Crippen LogP contribution in [-0.2, 0) is 19.1 Å². The molecule has 1 fully saturated rings. The third-order valence-electron chi connectivity index (χ3n) is 5.03. The molecule has 154 valence electrons. The zero-order chi connectivity index (χ0) is 20.8. The number of hydrogen-bond acceptors (Lipinski definition) is 6. The van der Waals surface area contributed by atoms with Gasteiger partial charge in [0.1, 0.15) is 0 Å². The summed E-state index contributed by atoms with van der Waals surface area (Å²) in [6, 6.07) is 12.2. The molecule has 1 aromatic rings. The Morgan fingerprint density at radius 2 is 1.69 bits per heavy atom. The van der Waals surface area contributed by atoms with Gasteiger partial charge in [-0.3, -0.25) is 0 Å². The molecule has 2 aliphatic rings. The summed E-state index contributed by atoms with van der Waals surface area (Å²) in [5.41, 5.74) is 1.66. The quantitative estimate of drug-likeness (QED) is 0.404. The van der Waals surface area contributed by atoms with Gasteiger partial charge in [0, 0.05) is 24.8 Å². The van der Waals surface area contributed by atoms with E-state index in [1.165, 1.54) is 0 Å². The normalized spacial score (nSPS) is 21.1. The number of ether oxygens (including phenoxy) is 2. The van der Waals surface area contributed by atoms with Crippen LogP contribution in [0.3, 0.4) is 0 Å². The van der Waals surface area contributed by atoms with Crippen LogP contribution < -0.4 is 0 Å². The van der Waals surface area contributed by atoms with E-state index < -0.39 is 22.4 Å². The summed E-state index contributed by atoms with van der Waals surface area (Å²) in [6.07, 6.45) is 2.06. The van der Waals surface area contributed by atoms with Gasteiger partial charge in [0.25, 0.3) is 0 Å². The van der Waals surface area contributed by atoms with Crippen molar-refractivity contribution in [1.82, 2.24) is 4.90 Å². The Morgan fingerprint density at radius 1 is 1.10 bits per heavy atom. The van der Waals surface area contributed by atoms with Crippen molar-refractivity contribution in [2.75, 3.05) is 32.1 Å². The molecule has 6 nitrogen and oxygen atoms in total. The van der Waals surface area contributed by atoms with Crippen LogP contribution in [0, 0.1) is 11.3 Å². The smallest absolute Gasteiger partial charge is 0.351 e. The fraction of sp³-hybridized carbons (Fsp3) is 0.455. The van der Waals surface area contributed by atoms with E-state index in [0.29, 0.717) is 11.3 Å². The number of carbonyl (C=O) groups is 2. The van der Waals surface area contributed by atoms with Gasteiger partial charge in [0.05, 0.1) is 29.9 Å². The molecule has 2 heterocycles. The summed E-state index contributed by atoms with van der Waals surface area (Å²) < 4.78 is 10.4. The van der Waals surface area contributed by atoms with Crippen LogP contribution in [0.15, 0.2) is 40.9 Å². The van der Waals surface area contributed by atoms with E-state index >= 15 is 0 Å². The number of carbonyl (C=O) groups excluding carboxylic acids is 2. The zero-order valence-corrected chi connectivity index (χ0v) is 17.7. The van der Waals surface area contributed by atoms with Gasteiger partial charge in [-0.1, -0.05) is 30.3 Å². The molecule has 0 aliphatic carbocycles. The fourth-order valence-corrected chi connectivity index (χ4v) is 6.47. The van der Waals surface area contributed by atoms with Gasteiger partial charge < -0.3 is 14.4 Å². The average Bonchev–Trinajstić information content (AvgIpc) is 3.37. The minimum atomic E-state index is -0.866. The van der Waals surface area contributed by atoms with E-state index in [2.05, 4.69) is 11.0 Å². The molecule has 2 atom stereocenters. The van der Waals surface area contributed by atoms with Gasteiger partial charge in [0.2, 0.25) is 0 Å². The van der Waals surface area contributed by atoms with Crippen LogP contribution in [0.2, 0.25) is 0 Å². The summed E-state index contributed by atoms with van der Waals surface area (Å²) >= 11 is 0. The first-order valence-corrected chi connectivity index (χ1v) is 11.4. The SMILES string of the molecule is CCOC(=O)C(C(=O)OCC)=S1CC(c2ccccc2)C(C#N)=C1N1CCCC1. The largest absolute Gasteiger partial charge is 0.462 e. The predicted octanol–water partition coefficient (Wildman–Crippen LogP) is 3.18. The first kappa shape index (κ1) is 21.1. The fourth-order valence-electron chi connectivity index (χ4n) is 3.79. The van der Waals surface area contributed by atoms with Crippen LogP contribution in [0.25, 0.3) is 0 Å². The first-order chi connectivity index (χ1) is 14.1. The van der Waals surface area contributed by atoms with Crippen LogP contribution in [0.4, 0.5) is 0 Å². The highest BCUT2D eigenvalue weighted by molar-refractivity contribution is 8.21. The molecule has 0 amide bonds. The van der Waals surface area contributed by atoms with Crippen LogP contribution in [0.1, 0.15) is 38.2 Å². The summed E-state index contributed by atoms with van der Waals surface area (Å²) in [4.78, 5) is 27.7. The molecule has 0 bridgehead atoms.